The van der Waals surface area contributed by atoms with E-state index >= 15 is 0 Å². The molecule has 1 saturated heterocycles. The van der Waals surface area contributed by atoms with E-state index in [1.165, 1.54) is 60.1 Å². The van der Waals surface area contributed by atoms with Crippen molar-refractivity contribution < 1.29 is 77.2 Å². The van der Waals surface area contributed by atoms with Crippen molar-refractivity contribution in [3.05, 3.63) is 87.8 Å². The number of likely N-dealkylation sites (tertiary alicyclic amines) is 1. The number of hydrogen-bond acceptors (Lipinski definition) is 20. The number of piperidine rings is 1. The van der Waals surface area contributed by atoms with Crippen LogP contribution >= 0.6 is 0 Å². The Morgan fingerprint density at radius 2 is 1.57 bits per heavy atom. The minimum absolute atomic E-state index is 0.0172. The third-order valence-electron chi connectivity index (χ3n) is 15.5. The average Bonchev–Trinajstić information content (AvgIpc) is 4.08. The summed E-state index contributed by atoms with van der Waals surface area (Å²) in [6.07, 6.45) is 3.79. The first kappa shape index (κ1) is 62.2. The predicted molar refractivity (Wildman–Crippen MR) is 300 cm³/mol. The van der Waals surface area contributed by atoms with Crippen LogP contribution in [0, 0.1) is 36.5 Å². The second kappa shape index (κ2) is 26.2. The largest absolute Gasteiger partial charge is 0.507 e. The summed E-state index contributed by atoms with van der Waals surface area (Å²) < 4.78 is 40.8. The van der Waals surface area contributed by atoms with E-state index in [0.717, 1.165) is 6.54 Å². The van der Waals surface area contributed by atoms with Crippen LogP contribution in [0.25, 0.3) is 10.8 Å². The van der Waals surface area contributed by atoms with Crippen LogP contribution in [0.5, 0.6) is 23.0 Å². The van der Waals surface area contributed by atoms with Crippen molar-refractivity contribution in [3.8, 4) is 23.0 Å². The van der Waals surface area contributed by atoms with Gasteiger partial charge in [-0.2, -0.15) is 0 Å². The second-order valence-electron chi connectivity index (χ2n) is 22.4. The van der Waals surface area contributed by atoms with E-state index in [1.807, 2.05) is 0 Å². The summed E-state index contributed by atoms with van der Waals surface area (Å²) in [6, 6.07) is 6.47. The lowest BCUT2D eigenvalue weighted by Gasteiger charge is -2.39. The summed E-state index contributed by atoms with van der Waals surface area (Å²) in [6.45, 7) is 20.4. The summed E-state index contributed by atoms with van der Waals surface area (Å²) in [5, 5.41) is 45.6. The molecule has 82 heavy (non-hydrogen) atoms. The number of phenolic OH excluding ortho intramolecular Hbond substituents is 2. The fourth-order valence-electron chi connectivity index (χ4n) is 11.1. The number of hydrogen-bond donors (Lipinski definition) is 6. The van der Waals surface area contributed by atoms with Gasteiger partial charge in [-0.15, -0.1) is 0 Å². The highest BCUT2D eigenvalue weighted by atomic mass is 16.7. The Hall–Kier alpha value is -7.40. The zero-order valence-electron chi connectivity index (χ0n) is 48.7. The topological polar surface area (TPSA) is 292 Å². The Balaban J connectivity index is 1.21. The quantitative estimate of drug-likeness (QED) is 0.0391. The highest BCUT2D eigenvalue weighted by Gasteiger charge is 2.51. The molecule has 0 aliphatic carbocycles. The van der Waals surface area contributed by atoms with Gasteiger partial charge in [0.25, 0.3) is 11.7 Å². The number of ether oxygens (including phenoxy) is 7. The number of Topliss-reactive ketones (excluding diaryl/α,β-unsaturated/α-hetero) is 1. The molecule has 0 saturated carbocycles. The monoisotopic (exact) mass is 1140 g/mol. The van der Waals surface area contributed by atoms with E-state index in [2.05, 4.69) is 39.7 Å². The van der Waals surface area contributed by atoms with E-state index in [9.17, 15) is 44.1 Å². The van der Waals surface area contributed by atoms with Gasteiger partial charge in [-0.05, 0) is 43.5 Å². The number of fused-ring (bicyclic) bond motifs is 13. The van der Waals surface area contributed by atoms with Gasteiger partial charge in [-0.25, -0.2) is 9.79 Å². The zero-order valence-corrected chi connectivity index (χ0v) is 48.7. The van der Waals surface area contributed by atoms with E-state index < -0.39 is 107 Å². The van der Waals surface area contributed by atoms with Gasteiger partial charge < -0.3 is 69.3 Å². The number of rotatable bonds is 13. The number of amides is 2. The number of aliphatic hydroxyl groups excluding tert-OH is 1. The lowest BCUT2D eigenvalue weighted by Crippen LogP contribution is -2.48. The molecule has 5 bridgehead atoms. The molecule has 5 aliphatic rings. The van der Waals surface area contributed by atoms with Crippen molar-refractivity contribution in [3.63, 3.8) is 0 Å². The van der Waals surface area contributed by atoms with Gasteiger partial charge in [0.1, 0.15) is 52.4 Å². The van der Waals surface area contributed by atoms with Gasteiger partial charge in [0.15, 0.2) is 5.75 Å². The molecule has 22 nitrogen and oxygen atoms in total. The number of carbonyl (C=O) groups excluding carboxylic acids is 6. The predicted octanol–water partition coefficient (Wildman–Crippen LogP) is 5.74. The fourth-order valence-corrected chi connectivity index (χ4v) is 11.1. The van der Waals surface area contributed by atoms with Crippen LogP contribution in [0.15, 0.2) is 70.4 Å². The number of anilines is 1. The van der Waals surface area contributed by atoms with Crippen LogP contribution in [-0.2, 0) is 49.5 Å². The van der Waals surface area contributed by atoms with E-state index in [1.54, 1.807) is 64.1 Å². The average molecular weight is 1140 g/mol. The van der Waals surface area contributed by atoms with Gasteiger partial charge in [-0.1, -0.05) is 71.9 Å². The third kappa shape index (κ3) is 13.9. The first-order chi connectivity index (χ1) is 38.8. The molecule has 0 radical (unpaired) electrons. The number of phenols is 2. The van der Waals surface area contributed by atoms with Crippen LogP contribution in [-0.4, -0.2) is 138 Å². The number of aromatic hydroxyl groups is 2. The molecule has 6 N–H and O–H groups in total. The summed E-state index contributed by atoms with van der Waals surface area (Å²) in [7, 11) is 1.44. The Kier molecular flexibility index (Phi) is 19.9. The SMILES string of the molecule is CO[C@H]1/C=C/O[C@@]2(C)Oc3c(C)c(O)c4c(O)c(c5c(c4c3C2=O)NC2(CCN(CC(C)C)CC2)N=5)=NC(=O)/C(C)=C\C=C\[C@H](C)[C@H](OC(=O)CNCCNC(=O)OCc2ccc(OC(C)=O)cc2)[C@@H](C)[C@@H](O)[C@@H](C)[C@H](OC(C)=O)[C@@H]1C. The standard InChI is InChI=1S/C60H78N6O16/c1-31(2)29-66-25-21-60(22-26-66)64-47-44-45-51(71)37(8)55-46(44)56(73)59(11,82-55)78-27-20-42(76-12)34(5)54(80-39(10)68)36(7)50(70)35(6)53(32(3)14-13-15-33(4)57(74)63-49(52(45)72)48(47)65-60)81-43(69)28-61-23-24-62-58(75)77-30-40-16-18-41(19-17-40)79-38(9)67/h13-20,27,31-32,34-36,42,50,53-54,61,64,70-72H,21-26,28-30H2,1-12H3,(H,62,75)/b14-13+,27-20+,33-15-,63-49?/t32-,34+,35-,36+,42-,50+,53-,54+,59-/m0/s1. The fraction of sp³-hybridized carbons (Fsp3) is 0.533. The minimum Gasteiger partial charge on any atom is -0.507 e. The van der Waals surface area contributed by atoms with Gasteiger partial charge in [0.2, 0.25) is 0 Å². The summed E-state index contributed by atoms with van der Waals surface area (Å²) in [4.78, 5) is 91.2. The van der Waals surface area contributed by atoms with Crippen molar-refractivity contribution in [1.29, 1.82) is 0 Å². The number of methoxy groups -OCH3 is 1. The molecule has 1 fully saturated rings. The number of nitrogens with one attached hydrogen (secondary N) is 3. The van der Waals surface area contributed by atoms with E-state index in [4.69, 9.17) is 38.2 Å². The molecule has 3 aromatic rings. The highest BCUT2D eigenvalue weighted by Crippen LogP contribution is 2.51. The van der Waals surface area contributed by atoms with Crippen molar-refractivity contribution in [2.24, 2.45) is 39.6 Å². The van der Waals surface area contributed by atoms with Crippen LogP contribution in [0.4, 0.5) is 10.5 Å². The van der Waals surface area contributed by atoms with Gasteiger partial charge in [0, 0.05) is 114 Å². The van der Waals surface area contributed by atoms with Crippen molar-refractivity contribution in [2.45, 2.75) is 131 Å². The maximum Gasteiger partial charge on any atom is 0.407 e. The normalized spacial score (nSPS) is 27.0. The molecule has 5 aliphatic heterocycles. The van der Waals surface area contributed by atoms with Crippen molar-refractivity contribution >= 4 is 52.2 Å². The van der Waals surface area contributed by atoms with Gasteiger partial charge in [-0.3, -0.25) is 29.0 Å². The lowest BCUT2D eigenvalue weighted by molar-refractivity contribution is -0.165. The molecular formula is C60H78N6O16. The number of carbonyl (C=O) groups is 6. The number of nitrogens with zero attached hydrogens (tertiary/aromatic N) is 3. The highest BCUT2D eigenvalue weighted by molar-refractivity contribution is 6.21. The smallest absolute Gasteiger partial charge is 0.407 e. The van der Waals surface area contributed by atoms with Crippen LogP contribution in [0.1, 0.15) is 104 Å². The maximum atomic E-state index is 14.9. The minimum atomic E-state index is -2.02. The number of aliphatic hydroxyl groups is 1. The molecule has 0 aromatic heterocycles. The number of allylic oxidation sites excluding steroid dienone is 2. The van der Waals surface area contributed by atoms with E-state index in [0.29, 0.717) is 43.2 Å². The summed E-state index contributed by atoms with van der Waals surface area (Å²) in [5.41, 5.74) is 0.300. The maximum absolute atomic E-state index is 14.9. The summed E-state index contributed by atoms with van der Waals surface area (Å²) >= 11 is 0. The van der Waals surface area contributed by atoms with Crippen LogP contribution in [0.2, 0.25) is 0 Å². The molecule has 22 heteroatoms. The van der Waals surface area contributed by atoms with Gasteiger partial charge in [0.05, 0.1) is 41.7 Å². The van der Waals surface area contributed by atoms with Crippen molar-refractivity contribution in [1.82, 2.24) is 15.5 Å². The zero-order chi connectivity index (χ0) is 60.0. The Bertz CT molecular complexity index is 3150. The van der Waals surface area contributed by atoms with E-state index in [-0.39, 0.29) is 75.9 Å². The second-order valence-corrected chi connectivity index (χ2v) is 22.4. The first-order valence-corrected chi connectivity index (χ1v) is 27.8. The summed E-state index contributed by atoms with van der Waals surface area (Å²) in [5.74, 6) is -8.29. The number of benzene rings is 3. The Morgan fingerprint density at radius 1 is 0.890 bits per heavy atom. The number of ketones is 1. The molecular weight excluding hydrogens is 1060 g/mol. The van der Waals surface area contributed by atoms with Crippen LogP contribution < -0.4 is 36.1 Å². The molecule has 9 atom stereocenters. The molecule has 3 aromatic carbocycles. The van der Waals surface area contributed by atoms with Gasteiger partial charge >= 0.3 is 29.8 Å². The third-order valence-corrected chi connectivity index (χ3v) is 15.5. The molecule has 2 amide bonds. The Labute approximate surface area is 476 Å². The molecule has 444 valence electrons. The molecule has 1 spiro atoms. The molecule has 8 rings (SSSR count). The Morgan fingerprint density at radius 3 is 2.22 bits per heavy atom. The lowest BCUT2D eigenvalue weighted by atomic mass is 9.78. The first-order valence-electron chi connectivity index (χ1n) is 27.8. The number of alkyl carbamates (subject to hydrolysis) is 1. The van der Waals surface area contributed by atoms with Crippen molar-refractivity contribution in [2.75, 3.05) is 51.7 Å². The molecule has 5 heterocycles. The van der Waals surface area contributed by atoms with Crippen LogP contribution in [0.3, 0.4) is 0 Å². The molecule has 0 unspecified atom stereocenters. The number of esters is 3.